The van der Waals surface area contributed by atoms with Crippen molar-refractivity contribution in [3.63, 3.8) is 0 Å². The average Bonchev–Trinajstić information content (AvgIpc) is 3.06. The number of aromatic nitrogens is 1. The Morgan fingerprint density at radius 3 is 3.00 bits per heavy atom. The normalized spacial score (nSPS) is 25.6. The molecule has 25 heavy (non-hydrogen) atoms. The topological polar surface area (TPSA) is 74.4 Å². The average molecular weight is 341 g/mol. The lowest BCUT2D eigenvalue weighted by atomic mass is 9.85. The first kappa shape index (κ1) is 16.1. The molecule has 6 heteroatoms. The van der Waals surface area contributed by atoms with E-state index >= 15 is 0 Å². The molecule has 2 saturated heterocycles. The number of Topliss-reactive ketones (excluding diaryl/α,β-unsaturated/α-hetero) is 1. The number of hydrogen-bond acceptors (Lipinski definition) is 4. The maximum atomic E-state index is 12.7. The second-order valence-corrected chi connectivity index (χ2v) is 7.01. The van der Waals surface area contributed by atoms with E-state index < -0.39 is 11.7 Å². The lowest BCUT2D eigenvalue weighted by Gasteiger charge is -2.42. The molecule has 132 valence electrons. The Kier molecular flexibility index (Phi) is 4.21. The third-order valence-electron chi connectivity index (χ3n) is 5.52. The highest BCUT2D eigenvalue weighted by atomic mass is 16.5. The van der Waals surface area contributed by atoms with Crippen LogP contribution in [0.1, 0.15) is 29.6 Å². The minimum atomic E-state index is -0.507. The number of fused-ring (bicyclic) bond motifs is 3. The molecule has 0 spiro atoms. The predicted octanol–water partition coefficient (Wildman–Crippen LogP) is 1.96. The molecule has 2 N–H and O–H groups in total. The standard InChI is InChI=1S/C19H23N3O3/c1-25-13-4-5-17-14(9-13)15(10-20-17)18(23)19(24)21-16-6-8-22-7-2-3-12(16)11-22/h4-5,9-10,12,16,20H,2-3,6-8,11H2,1H3,(H,21,24). The number of carbonyl (C=O) groups is 2. The molecule has 2 aromatic rings. The van der Waals surface area contributed by atoms with Crippen LogP contribution in [0.3, 0.4) is 0 Å². The number of hydrogen-bond donors (Lipinski definition) is 2. The summed E-state index contributed by atoms with van der Waals surface area (Å²) in [5.41, 5.74) is 1.21. The predicted molar refractivity (Wildman–Crippen MR) is 94.9 cm³/mol. The number of rotatable bonds is 4. The highest BCUT2D eigenvalue weighted by molar-refractivity contribution is 6.45. The molecule has 4 rings (SSSR count). The van der Waals surface area contributed by atoms with Gasteiger partial charge in [-0.05, 0) is 49.9 Å². The van der Waals surface area contributed by atoms with Crippen LogP contribution in [0.15, 0.2) is 24.4 Å². The van der Waals surface area contributed by atoms with E-state index in [1.807, 2.05) is 12.1 Å². The van der Waals surface area contributed by atoms with Crippen LogP contribution in [0.5, 0.6) is 5.75 Å². The van der Waals surface area contributed by atoms with Crippen molar-refractivity contribution in [3.05, 3.63) is 30.0 Å². The number of methoxy groups -OCH3 is 1. The smallest absolute Gasteiger partial charge is 0.292 e. The fourth-order valence-corrected chi connectivity index (χ4v) is 4.14. The van der Waals surface area contributed by atoms with Gasteiger partial charge in [-0.3, -0.25) is 9.59 Å². The number of piperidine rings is 2. The summed E-state index contributed by atoms with van der Waals surface area (Å²) in [6, 6.07) is 5.56. The van der Waals surface area contributed by atoms with Crippen molar-refractivity contribution in [1.82, 2.24) is 15.2 Å². The van der Waals surface area contributed by atoms with E-state index in [0.29, 0.717) is 22.6 Å². The molecule has 1 amide bonds. The first-order valence-corrected chi connectivity index (χ1v) is 8.88. The van der Waals surface area contributed by atoms with Gasteiger partial charge in [-0.15, -0.1) is 0 Å². The third-order valence-corrected chi connectivity index (χ3v) is 5.52. The molecule has 0 saturated carbocycles. The van der Waals surface area contributed by atoms with Crippen molar-refractivity contribution in [2.45, 2.75) is 25.3 Å². The SMILES string of the molecule is COc1ccc2[nH]cc(C(=O)C(=O)NC3CCN4CCCC3C4)c2c1. The zero-order valence-electron chi connectivity index (χ0n) is 14.4. The van der Waals surface area contributed by atoms with E-state index in [4.69, 9.17) is 4.74 Å². The lowest BCUT2D eigenvalue weighted by Crippen LogP contribution is -2.54. The first-order chi connectivity index (χ1) is 12.2. The summed E-state index contributed by atoms with van der Waals surface area (Å²) < 4.78 is 5.22. The Labute approximate surface area is 146 Å². The molecule has 3 unspecified atom stereocenters. The number of ketones is 1. The van der Waals surface area contributed by atoms with Crippen LogP contribution in [-0.2, 0) is 4.79 Å². The summed E-state index contributed by atoms with van der Waals surface area (Å²) in [7, 11) is 1.58. The summed E-state index contributed by atoms with van der Waals surface area (Å²) in [6.45, 7) is 3.19. The zero-order chi connectivity index (χ0) is 17.4. The third kappa shape index (κ3) is 3.02. The van der Waals surface area contributed by atoms with E-state index in [0.717, 1.165) is 38.0 Å². The number of amides is 1. The largest absolute Gasteiger partial charge is 0.497 e. The number of H-pyrrole nitrogens is 1. The van der Waals surface area contributed by atoms with Crippen LogP contribution in [0.25, 0.3) is 10.9 Å². The van der Waals surface area contributed by atoms with Crippen LogP contribution in [0.4, 0.5) is 0 Å². The van der Waals surface area contributed by atoms with Gasteiger partial charge < -0.3 is 19.9 Å². The van der Waals surface area contributed by atoms with E-state index in [1.165, 1.54) is 6.42 Å². The summed E-state index contributed by atoms with van der Waals surface area (Å²) in [4.78, 5) is 30.7. The monoisotopic (exact) mass is 341 g/mol. The Hall–Kier alpha value is -2.34. The van der Waals surface area contributed by atoms with Crippen LogP contribution in [0.2, 0.25) is 0 Å². The summed E-state index contributed by atoms with van der Waals surface area (Å²) in [6.07, 6.45) is 4.83. The van der Waals surface area contributed by atoms with Gasteiger partial charge >= 0.3 is 0 Å². The number of nitrogens with one attached hydrogen (secondary N) is 2. The van der Waals surface area contributed by atoms with Crippen molar-refractivity contribution in [1.29, 1.82) is 0 Å². The highest BCUT2D eigenvalue weighted by Gasteiger charge is 2.34. The lowest BCUT2D eigenvalue weighted by molar-refractivity contribution is -0.118. The number of aromatic amines is 1. The molecule has 2 fully saturated rings. The second kappa shape index (κ2) is 6.52. The van der Waals surface area contributed by atoms with Gasteiger partial charge in [0.2, 0.25) is 0 Å². The van der Waals surface area contributed by atoms with Crippen LogP contribution >= 0.6 is 0 Å². The van der Waals surface area contributed by atoms with Gasteiger partial charge in [-0.2, -0.15) is 0 Å². The Morgan fingerprint density at radius 1 is 1.28 bits per heavy atom. The fraction of sp³-hybridized carbons (Fsp3) is 0.474. The number of carbonyl (C=O) groups excluding carboxylic acids is 2. The fourth-order valence-electron chi connectivity index (χ4n) is 4.14. The van der Waals surface area contributed by atoms with Gasteiger partial charge in [0.1, 0.15) is 5.75 Å². The van der Waals surface area contributed by atoms with E-state index in [9.17, 15) is 9.59 Å². The van der Waals surface area contributed by atoms with Crippen molar-refractivity contribution in [2.75, 3.05) is 26.7 Å². The first-order valence-electron chi connectivity index (χ1n) is 8.88. The minimum Gasteiger partial charge on any atom is -0.497 e. The molecule has 3 atom stereocenters. The second-order valence-electron chi connectivity index (χ2n) is 7.01. The minimum absolute atomic E-state index is 0.104. The van der Waals surface area contributed by atoms with Crippen molar-refractivity contribution < 1.29 is 14.3 Å². The quantitative estimate of drug-likeness (QED) is 0.658. The van der Waals surface area contributed by atoms with Crippen molar-refractivity contribution >= 4 is 22.6 Å². The van der Waals surface area contributed by atoms with Gasteiger partial charge in [0.05, 0.1) is 12.7 Å². The highest BCUT2D eigenvalue weighted by Crippen LogP contribution is 2.27. The van der Waals surface area contributed by atoms with Crippen LogP contribution in [0, 0.1) is 5.92 Å². The number of benzene rings is 1. The summed E-state index contributed by atoms with van der Waals surface area (Å²) in [5, 5.41) is 3.71. The van der Waals surface area contributed by atoms with Crippen molar-refractivity contribution in [3.8, 4) is 5.75 Å². The maximum absolute atomic E-state index is 12.7. The zero-order valence-corrected chi connectivity index (χ0v) is 14.4. The Morgan fingerprint density at radius 2 is 2.16 bits per heavy atom. The molecular formula is C19H23N3O3. The number of nitrogens with zero attached hydrogens (tertiary/aromatic N) is 1. The van der Waals surface area contributed by atoms with Gasteiger partial charge in [0.15, 0.2) is 0 Å². The number of ether oxygens (including phenoxy) is 1. The molecule has 0 radical (unpaired) electrons. The molecule has 2 aliphatic rings. The maximum Gasteiger partial charge on any atom is 0.292 e. The molecule has 2 bridgehead atoms. The molecule has 2 aliphatic heterocycles. The summed E-state index contributed by atoms with van der Waals surface area (Å²) in [5.74, 6) is 0.129. The Bertz CT molecular complexity index is 813. The van der Waals surface area contributed by atoms with E-state index in [-0.39, 0.29) is 6.04 Å². The molecule has 6 nitrogen and oxygen atoms in total. The van der Waals surface area contributed by atoms with Gasteiger partial charge in [-0.25, -0.2) is 0 Å². The Balaban J connectivity index is 1.51. The molecular weight excluding hydrogens is 318 g/mol. The van der Waals surface area contributed by atoms with Gasteiger partial charge in [0.25, 0.3) is 11.7 Å². The molecule has 1 aromatic heterocycles. The van der Waals surface area contributed by atoms with Crippen LogP contribution in [-0.4, -0.2) is 54.4 Å². The molecule has 1 aromatic carbocycles. The van der Waals surface area contributed by atoms with E-state index in [1.54, 1.807) is 19.4 Å². The molecule has 0 aliphatic carbocycles. The van der Waals surface area contributed by atoms with E-state index in [2.05, 4.69) is 15.2 Å². The van der Waals surface area contributed by atoms with Gasteiger partial charge in [-0.1, -0.05) is 0 Å². The van der Waals surface area contributed by atoms with Crippen molar-refractivity contribution in [2.24, 2.45) is 5.92 Å². The molecule has 3 heterocycles. The van der Waals surface area contributed by atoms with Crippen LogP contribution < -0.4 is 10.1 Å². The van der Waals surface area contributed by atoms with Gasteiger partial charge in [0, 0.05) is 36.2 Å². The summed E-state index contributed by atoms with van der Waals surface area (Å²) >= 11 is 0.